The van der Waals surface area contributed by atoms with Gasteiger partial charge >= 0.3 is 6.18 Å². The molecule has 28 heavy (non-hydrogen) atoms. The van der Waals surface area contributed by atoms with Crippen LogP contribution < -0.4 is 0 Å². The van der Waals surface area contributed by atoms with Crippen LogP contribution in [0.15, 0.2) is 58.3 Å². The lowest BCUT2D eigenvalue weighted by Crippen LogP contribution is -2.31. The van der Waals surface area contributed by atoms with E-state index in [0.29, 0.717) is 6.42 Å². The standard InChI is InChI=1S/C18H18F3NO4S2/c1-27(23,24)13-6-4-7-14(12-13)28(25,26)22-11-5-10-17(22)15-8-2-3-9-16(15)18(19,20)21/h2-4,6-9,12,17H,5,10-11H2,1H3. The van der Waals surface area contributed by atoms with Gasteiger partial charge in [-0.15, -0.1) is 0 Å². The van der Waals surface area contributed by atoms with Crippen LogP contribution in [0, 0.1) is 0 Å². The quantitative estimate of drug-likeness (QED) is 0.738. The van der Waals surface area contributed by atoms with Crippen LogP contribution in [-0.4, -0.2) is 33.9 Å². The van der Waals surface area contributed by atoms with Gasteiger partial charge in [-0.1, -0.05) is 24.3 Å². The highest BCUT2D eigenvalue weighted by Crippen LogP contribution is 2.42. The van der Waals surface area contributed by atoms with Crippen molar-refractivity contribution in [3.05, 3.63) is 59.7 Å². The highest BCUT2D eigenvalue weighted by Gasteiger charge is 2.41. The zero-order valence-corrected chi connectivity index (χ0v) is 16.5. The Labute approximate surface area is 161 Å². The average molecular weight is 433 g/mol. The first-order valence-electron chi connectivity index (χ1n) is 8.40. The maximum Gasteiger partial charge on any atom is 0.416 e. The van der Waals surface area contributed by atoms with Crippen molar-refractivity contribution >= 4 is 19.9 Å². The summed E-state index contributed by atoms with van der Waals surface area (Å²) < 4.78 is 90.9. The van der Waals surface area contributed by atoms with Gasteiger partial charge in [-0.25, -0.2) is 16.8 Å². The molecule has 1 aliphatic rings. The summed E-state index contributed by atoms with van der Waals surface area (Å²) in [5, 5.41) is 0. The van der Waals surface area contributed by atoms with Crippen molar-refractivity contribution in [1.29, 1.82) is 0 Å². The van der Waals surface area contributed by atoms with E-state index in [1.807, 2.05) is 0 Å². The Hall–Kier alpha value is -1.91. The van der Waals surface area contributed by atoms with Crippen LogP contribution in [0.4, 0.5) is 13.2 Å². The fourth-order valence-electron chi connectivity index (χ4n) is 3.39. The number of hydrogen-bond donors (Lipinski definition) is 0. The summed E-state index contributed by atoms with van der Waals surface area (Å²) in [6.45, 7) is 0.0578. The van der Waals surface area contributed by atoms with Crippen molar-refractivity contribution in [3.63, 3.8) is 0 Å². The van der Waals surface area contributed by atoms with E-state index in [2.05, 4.69) is 0 Å². The van der Waals surface area contributed by atoms with E-state index in [0.717, 1.165) is 22.7 Å². The summed E-state index contributed by atoms with van der Waals surface area (Å²) in [5.41, 5.74) is -0.970. The molecule has 0 aromatic heterocycles. The Kier molecular flexibility index (Phi) is 5.32. The fourth-order valence-corrected chi connectivity index (χ4v) is 5.85. The first kappa shape index (κ1) is 20.8. The predicted octanol–water partition coefficient (Wildman–Crippen LogP) is 3.63. The third-order valence-electron chi connectivity index (χ3n) is 4.67. The van der Waals surface area contributed by atoms with Crippen molar-refractivity contribution in [2.24, 2.45) is 0 Å². The summed E-state index contributed by atoms with van der Waals surface area (Å²) in [6, 6.07) is 8.81. The van der Waals surface area contributed by atoms with E-state index in [-0.39, 0.29) is 28.3 Å². The minimum atomic E-state index is -4.61. The van der Waals surface area contributed by atoms with Gasteiger partial charge in [-0.3, -0.25) is 0 Å². The Balaban J connectivity index is 2.07. The molecule has 1 unspecified atom stereocenters. The highest BCUT2D eigenvalue weighted by atomic mass is 32.2. The molecular formula is C18H18F3NO4S2. The minimum absolute atomic E-state index is 0.0578. The number of halogens is 3. The lowest BCUT2D eigenvalue weighted by Gasteiger charge is -2.26. The Morgan fingerprint density at radius 1 is 0.964 bits per heavy atom. The van der Waals surface area contributed by atoms with Crippen LogP contribution in [0.25, 0.3) is 0 Å². The van der Waals surface area contributed by atoms with Gasteiger partial charge in [-0.05, 0) is 42.7 Å². The lowest BCUT2D eigenvalue weighted by molar-refractivity contribution is -0.138. The molecule has 152 valence electrons. The first-order valence-corrected chi connectivity index (χ1v) is 11.7. The van der Waals surface area contributed by atoms with Gasteiger partial charge in [0, 0.05) is 12.8 Å². The molecule has 1 fully saturated rings. The number of hydrogen-bond acceptors (Lipinski definition) is 4. The van der Waals surface area contributed by atoms with E-state index >= 15 is 0 Å². The zero-order valence-electron chi connectivity index (χ0n) is 14.8. The van der Waals surface area contributed by atoms with Crippen LogP contribution in [0.3, 0.4) is 0 Å². The van der Waals surface area contributed by atoms with Gasteiger partial charge in [-0.2, -0.15) is 17.5 Å². The number of alkyl halides is 3. The number of sulfone groups is 1. The summed E-state index contributed by atoms with van der Waals surface area (Å²) in [7, 11) is -7.81. The maximum absolute atomic E-state index is 13.4. The van der Waals surface area contributed by atoms with Gasteiger partial charge in [0.15, 0.2) is 9.84 Å². The Bertz CT molecular complexity index is 1100. The van der Waals surface area contributed by atoms with Crippen LogP contribution in [0.1, 0.15) is 30.0 Å². The van der Waals surface area contributed by atoms with Gasteiger partial charge in [0.1, 0.15) is 0 Å². The molecule has 0 radical (unpaired) electrons. The number of nitrogens with zero attached hydrogens (tertiary/aromatic N) is 1. The first-order chi connectivity index (χ1) is 12.9. The van der Waals surface area contributed by atoms with E-state index in [9.17, 15) is 30.0 Å². The van der Waals surface area contributed by atoms with Crippen molar-refractivity contribution in [1.82, 2.24) is 4.31 Å². The highest BCUT2D eigenvalue weighted by molar-refractivity contribution is 7.91. The molecule has 1 atom stereocenters. The Morgan fingerprint density at radius 2 is 1.61 bits per heavy atom. The molecule has 0 spiro atoms. The van der Waals surface area contributed by atoms with Crippen molar-refractivity contribution in [3.8, 4) is 0 Å². The summed E-state index contributed by atoms with van der Waals surface area (Å²) in [5.74, 6) is 0. The molecule has 1 aliphatic heterocycles. The molecule has 5 nitrogen and oxygen atoms in total. The van der Waals surface area contributed by atoms with Crippen LogP contribution in [-0.2, 0) is 26.0 Å². The van der Waals surface area contributed by atoms with E-state index in [1.165, 1.54) is 36.4 Å². The van der Waals surface area contributed by atoms with Gasteiger partial charge in [0.05, 0.1) is 21.4 Å². The van der Waals surface area contributed by atoms with Crippen molar-refractivity contribution in [2.45, 2.75) is 34.9 Å². The monoisotopic (exact) mass is 433 g/mol. The summed E-state index contributed by atoms with van der Waals surface area (Å²) in [4.78, 5) is -0.424. The molecular weight excluding hydrogens is 415 g/mol. The molecule has 0 aliphatic carbocycles. The maximum atomic E-state index is 13.4. The number of rotatable bonds is 4. The largest absolute Gasteiger partial charge is 0.416 e. The van der Waals surface area contributed by atoms with Crippen molar-refractivity contribution < 1.29 is 30.0 Å². The molecule has 1 heterocycles. The minimum Gasteiger partial charge on any atom is -0.224 e. The zero-order chi connectivity index (χ0) is 20.7. The van der Waals surface area contributed by atoms with Crippen LogP contribution in [0.5, 0.6) is 0 Å². The summed E-state index contributed by atoms with van der Waals surface area (Å²) in [6.07, 6.45) is -3.00. The van der Waals surface area contributed by atoms with Crippen LogP contribution in [0.2, 0.25) is 0 Å². The van der Waals surface area contributed by atoms with E-state index in [1.54, 1.807) is 0 Å². The normalized spacial score (nSPS) is 19.1. The van der Waals surface area contributed by atoms with Gasteiger partial charge in [0.25, 0.3) is 0 Å². The third kappa shape index (κ3) is 3.94. The number of sulfonamides is 1. The second-order valence-corrected chi connectivity index (χ2v) is 10.5. The van der Waals surface area contributed by atoms with Gasteiger partial charge < -0.3 is 0 Å². The molecule has 0 bridgehead atoms. The molecule has 3 rings (SSSR count). The molecule has 2 aromatic rings. The smallest absolute Gasteiger partial charge is 0.224 e. The Morgan fingerprint density at radius 3 is 2.25 bits per heavy atom. The lowest BCUT2D eigenvalue weighted by atomic mass is 9.99. The van der Waals surface area contributed by atoms with Crippen LogP contribution >= 0.6 is 0 Å². The van der Waals surface area contributed by atoms with Gasteiger partial charge in [0.2, 0.25) is 10.0 Å². The number of benzene rings is 2. The van der Waals surface area contributed by atoms with E-state index < -0.39 is 37.6 Å². The second-order valence-electron chi connectivity index (χ2n) is 6.61. The van der Waals surface area contributed by atoms with Crippen molar-refractivity contribution in [2.75, 3.05) is 12.8 Å². The fraction of sp³-hybridized carbons (Fsp3) is 0.333. The van der Waals surface area contributed by atoms with E-state index in [4.69, 9.17) is 0 Å². The second kappa shape index (κ2) is 7.16. The molecule has 0 N–H and O–H groups in total. The summed E-state index contributed by atoms with van der Waals surface area (Å²) >= 11 is 0. The SMILES string of the molecule is CS(=O)(=O)c1cccc(S(=O)(=O)N2CCCC2c2ccccc2C(F)(F)F)c1. The third-order valence-corrected chi connectivity index (χ3v) is 7.68. The topological polar surface area (TPSA) is 71.5 Å². The molecule has 1 saturated heterocycles. The molecule has 2 aromatic carbocycles. The predicted molar refractivity (Wildman–Crippen MR) is 96.9 cm³/mol. The molecule has 0 saturated carbocycles. The average Bonchev–Trinajstić information content (AvgIpc) is 3.11. The molecule has 10 heteroatoms. The molecule has 0 amide bonds.